The summed E-state index contributed by atoms with van der Waals surface area (Å²) in [4.78, 5) is 0. The summed E-state index contributed by atoms with van der Waals surface area (Å²) < 4.78 is 5.13. The molecule has 12 heavy (non-hydrogen) atoms. The molecule has 0 radical (unpaired) electrons. The summed E-state index contributed by atoms with van der Waals surface area (Å²) in [6.07, 6.45) is 2.77. The van der Waals surface area contributed by atoms with Crippen LogP contribution >= 0.6 is 11.6 Å². The van der Waals surface area contributed by atoms with Crippen LogP contribution in [0.1, 0.15) is 12.0 Å². The third-order valence-corrected chi connectivity index (χ3v) is 2.32. The minimum atomic E-state index is 0.528. The van der Waals surface area contributed by atoms with Gasteiger partial charge >= 0.3 is 0 Å². The van der Waals surface area contributed by atoms with E-state index in [2.05, 4.69) is 12.1 Å². The van der Waals surface area contributed by atoms with Crippen molar-refractivity contribution in [1.82, 2.24) is 0 Å². The van der Waals surface area contributed by atoms with Gasteiger partial charge in [0.05, 0.1) is 12.7 Å². The summed E-state index contributed by atoms with van der Waals surface area (Å²) in [5.41, 5.74) is 1.34. The monoisotopic (exact) mass is 182 g/mol. The van der Waals surface area contributed by atoms with Crippen molar-refractivity contribution in [1.29, 1.82) is 0 Å². The number of ether oxygens (including phenoxy) is 1. The highest BCUT2D eigenvalue weighted by Crippen LogP contribution is 2.17. The van der Waals surface area contributed by atoms with Gasteiger partial charge in [0.1, 0.15) is 0 Å². The SMILES string of the molecule is Clc1ccc(CCC2CO2)cc1. The number of epoxide rings is 1. The number of hydrogen-bond donors (Lipinski definition) is 0. The lowest BCUT2D eigenvalue weighted by Crippen LogP contribution is -1.90. The fourth-order valence-electron chi connectivity index (χ4n) is 1.21. The summed E-state index contributed by atoms with van der Waals surface area (Å²) in [5, 5.41) is 0.807. The van der Waals surface area contributed by atoms with Gasteiger partial charge in [-0.3, -0.25) is 0 Å². The van der Waals surface area contributed by atoms with Crippen LogP contribution in [0.15, 0.2) is 24.3 Å². The predicted molar refractivity (Wildman–Crippen MR) is 49.5 cm³/mol. The zero-order valence-electron chi connectivity index (χ0n) is 6.79. The first-order valence-corrected chi connectivity index (χ1v) is 4.58. The van der Waals surface area contributed by atoms with E-state index in [1.807, 2.05) is 12.1 Å². The summed E-state index contributed by atoms with van der Waals surface area (Å²) >= 11 is 5.76. The van der Waals surface area contributed by atoms with Crippen molar-refractivity contribution < 1.29 is 4.74 Å². The van der Waals surface area contributed by atoms with E-state index in [1.165, 1.54) is 5.56 Å². The fourth-order valence-corrected chi connectivity index (χ4v) is 1.34. The van der Waals surface area contributed by atoms with Gasteiger partial charge < -0.3 is 4.74 Å². The molecule has 1 aliphatic rings. The second kappa shape index (κ2) is 3.46. The molecule has 1 aromatic rings. The van der Waals surface area contributed by atoms with Crippen molar-refractivity contribution in [3.05, 3.63) is 34.9 Å². The number of hydrogen-bond acceptors (Lipinski definition) is 1. The Morgan fingerprint density at radius 3 is 2.58 bits per heavy atom. The molecule has 1 unspecified atom stereocenters. The molecule has 64 valence electrons. The number of aryl methyl sites for hydroxylation is 1. The van der Waals surface area contributed by atoms with E-state index in [4.69, 9.17) is 16.3 Å². The van der Waals surface area contributed by atoms with Gasteiger partial charge in [-0.15, -0.1) is 0 Å². The molecule has 0 amide bonds. The van der Waals surface area contributed by atoms with E-state index in [1.54, 1.807) is 0 Å². The molecule has 0 saturated carbocycles. The zero-order valence-corrected chi connectivity index (χ0v) is 7.55. The van der Waals surface area contributed by atoms with Crippen LogP contribution in [-0.4, -0.2) is 12.7 Å². The van der Waals surface area contributed by atoms with E-state index >= 15 is 0 Å². The van der Waals surface area contributed by atoms with Crippen LogP contribution in [0.4, 0.5) is 0 Å². The van der Waals surface area contributed by atoms with Crippen molar-refractivity contribution in [2.24, 2.45) is 0 Å². The van der Waals surface area contributed by atoms with Gasteiger partial charge in [0.15, 0.2) is 0 Å². The van der Waals surface area contributed by atoms with Crippen molar-refractivity contribution in [2.45, 2.75) is 18.9 Å². The maximum Gasteiger partial charge on any atom is 0.0813 e. The Bertz CT molecular complexity index is 251. The highest BCUT2D eigenvalue weighted by Gasteiger charge is 2.21. The molecule has 0 aromatic heterocycles. The molecule has 0 spiro atoms. The maximum atomic E-state index is 5.76. The van der Waals surface area contributed by atoms with E-state index in [9.17, 15) is 0 Å². The van der Waals surface area contributed by atoms with E-state index < -0.39 is 0 Å². The molecule has 1 fully saturated rings. The molecule has 1 aliphatic heterocycles. The minimum Gasteiger partial charge on any atom is -0.373 e. The summed E-state index contributed by atoms with van der Waals surface area (Å²) in [6, 6.07) is 8.02. The van der Waals surface area contributed by atoms with Crippen molar-refractivity contribution >= 4 is 11.6 Å². The molecule has 1 saturated heterocycles. The standard InChI is InChI=1S/C10H11ClO/c11-9-4-1-8(2-5-9)3-6-10-7-12-10/h1-2,4-5,10H,3,6-7H2. The lowest BCUT2D eigenvalue weighted by atomic mass is 10.1. The highest BCUT2D eigenvalue weighted by molar-refractivity contribution is 6.30. The molecule has 0 bridgehead atoms. The van der Waals surface area contributed by atoms with Gasteiger partial charge in [-0.25, -0.2) is 0 Å². The molecule has 1 nitrogen and oxygen atoms in total. The Hall–Kier alpha value is -0.530. The highest BCUT2D eigenvalue weighted by atomic mass is 35.5. The third kappa shape index (κ3) is 2.23. The van der Waals surface area contributed by atoms with E-state index in [-0.39, 0.29) is 0 Å². The largest absolute Gasteiger partial charge is 0.373 e. The predicted octanol–water partition coefficient (Wildman–Crippen LogP) is 2.67. The van der Waals surface area contributed by atoms with Crippen LogP contribution in [0.5, 0.6) is 0 Å². The van der Waals surface area contributed by atoms with Crippen LogP contribution in [0.3, 0.4) is 0 Å². The van der Waals surface area contributed by atoms with Gasteiger partial charge in [0.25, 0.3) is 0 Å². The number of rotatable bonds is 3. The van der Waals surface area contributed by atoms with E-state index in [0.717, 1.165) is 24.5 Å². The molecule has 1 atom stereocenters. The average molecular weight is 183 g/mol. The van der Waals surface area contributed by atoms with Gasteiger partial charge in [-0.2, -0.15) is 0 Å². The average Bonchev–Trinajstić information content (AvgIpc) is 2.87. The Kier molecular flexibility index (Phi) is 2.33. The van der Waals surface area contributed by atoms with Crippen LogP contribution in [-0.2, 0) is 11.2 Å². The number of benzene rings is 1. The first-order valence-electron chi connectivity index (χ1n) is 4.20. The van der Waals surface area contributed by atoms with Crippen molar-refractivity contribution in [3.8, 4) is 0 Å². The molecule has 1 aromatic carbocycles. The quantitative estimate of drug-likeness (QED) is 0.655. The smallest absolute Gasteiger partial charge is 0.0813 e. The van der Waals surface area contributed by atoms with Crippen molar-refractivity contribution in [3.63, 3.8) is 0 Å². The Morgan fingerprint density at radius 1 is 1.33 bits per heavy atom. The van der Waals surface area contributed by atoms with Gasteiger partial charge in [-0.05, 0) is 30.5 Å². The van der Waals surface area contributed by atoms with Crippen molar-refractivity contribution in [2.75, 3.05) is 6.61 Å². The normalized spacial score (nSPS) is 20.9. The second-order valence-electron chi connectivity index (χ2n) is 3.12. The Morgan fingerprint density at radius 2 is 2.00 bits per heavy atom. The Balaban J connectivity index is 1.89. The lowest BCUT2D eigenvalue weighted by molar-refractivity contribution is 0.397. The topological polar surface area (TPSA) is 12.5 Å². The first kappa shape index (κ1) is 8.09. The molecular formula is C10H11ClO. The summed E-state index contributed by atoms with van der Waals surface area (Å²) in [7, 11) is 0. The first-order chi connectivity index (χ1) is 5.84. The van der Waals surface area contributed by atoms with Crippen LogP contribution in [0.2, 0.25) is 5.02 Å². The zero-order chi connectivity index (χ0) is 8.39. The van der Waals surface area contributed by atoms with Crippen LogP contribution in [0, 0.1) is 0 Å². The molecule has 2 heteroatoms. The fraction of sp³-hybridized carbons (Fsp3) is 0.400. The van der Waals surface area contributed by atoms with E-state index in [0.29, 0.717) is 6.10 Å². The maximum absolute atomic E-state index is 5.76. The minimum absolute atomic E-state index is 0.528. The van der Waals surface area contributed by atoms with Crippen LogP contribution in [0.25, 0.3) is 0 Å². The second-order valence-corrected chi connectivity index (χ2v) is 3.56. The molecule has 0 aliphatic carbocycles. The van der Waals surface area contributed by atoms with Gasteiger partial charge in [0, 0.05) is 5.02 Å². The summed E-state index contributed by atoms with van der Waals surface area (Å²) in [6.45, 7) is 0.952. The van der Waals surface area contributed by atoms with Gasteiger partial charge in [0.2, 0.25) is 0 Å². The summed E-state index contributed by atoms with van der Waals surface area (Å²) in [5.74, 6) is 0. The molecule has 2 rings (SSSR count). The van der Waals surface area contributed by atoms with Crippen LogP contribution < -0.4 is 0 Å². The Labute approximate surface area is 77.3 Å². The third-order valence-electron chi connectivity index (χ3n) is 2.07. The number of halogens is 1. The lowest BCUT2D eigenvalue weighted by Gasteiger charge is -1.98. The molecule has 0 N–H and O–H groups in total. The van der Waals surface area contributed by atoms with Gasteiger partial charge in [-0.1, -0.05) is 23.7 Å². The molecular weight excluding hydrogens is 172 g/mol. The molecule has 1 heterocycles.